The highest BCUT2D eigenvalue weighted by Gasteiger charge is 2.35. The molecule has 1 atom stereocenters. The van der Waals surface area contributed by atoms with E-state index in [4.69, 9.17) is 16.8 Å². The van der Waals surface area contributed by atoms with Gasteiger partial charge in [0.1, 0.15) is 5.69 Å². The second kappa shape index (κ2) is 7.20. The maximum atomic E-state index is 12.8. The highest BCUT2D eigenvalue weighted by molar-refractivity contribution is 7.59. The molecule has 1 aliphatic heterocycles. The van der Waals surface area contributed by atoms with E-state index in [1.54, 1.807) is 6.92 Å². The van der Waals surface area contributed by atoms with E-state index in [2.05, 4.69) is 10.3 Å². The van der Waals surface area contributed by atoms with Crippen molar-refractivity contribution in [3.8, 4) is 0 Å². The first-order chi connectivity index (χ1) is 11.7. The first kappa shape index (κ1) is 20.1. The van der Waals surface area contributed by atoms with Gasteiger partial charge in [-0.1, -0.05) is 16.8 Å². The number of benzene rings is 1. The number of fused-ring (bicyclic) bond motifs is 1. The number of oxime groups is 1. The van der Waals surface area contributed by atoms with Gasteiger partial charge >= 0.3 is 6.18 Å². The van der Waals surface area contributed by atoms with E-state index in [1.165, 1.54) is 27.9 Å². The van der Waals surface area contributed by atoms with Crippen LogP contribution in [0.5, 0.6) is 0 Å². The Balaban J connectivity index is 0.00000243. The number of carbonyl (C=O) groups is 1. The van der Waals surface area contributed by atoms with Crippen LogP contribution >= 0.6 is 25.1 Å². The first-order valence-corrected chi connectivity index (χ1v) is 7.56. The fraction of sp³-hybridized carbons (Fsp3) is 0.267. The van der Waals surface area contributed by atoms with Gasteiger partial charge in [-0.15, -0.1) is 0 Å². The number of hydrogen-bond donors (Lipinski definition) is 1. The minimum absolute atomic E-state index is 0. The lowest BCUT2D eigenvalue weighted by atomic mass is 10.1. The Morgan fingerprint density at radius 1 is 1.35 bits per heavy atom. The average Bonchev–Trinajstić information content (AvgIpc) is 3.02. The molecule has 2 heterocycles. The van der Waals surface area contributed by atoms with Crippen molar-refractivity contribution in [1.82, 2.24) is 9.78 Å². The molecule has 3 rings (SSSR count). The van der Waals surface area contributed by atoms with Gasteiger partial charge in [-0.05, 0) is 31.2 Å². The molecule has 1 N–H and O–H groups in total. The Bertz CT molecular complexity index is 852. The van der Waals surface area contributed by atoms with Crippen LogP contribution in [-0.2, 0) is 6.18 Å². The SMILES string of the molecule is C[C@H]1CN(c2ccc(C(F)(F)F)cc2)C(=O)c2c(/C(Cl)=N/O)cnn21.S. The number of halogens is 4. The smallest absolute Gasteiger partial charge is 0.410 e. The van der Waals surface area contributed by atoms with Crippen LogP contribution in [0.3, 0.4) is 0 Å². The van der Waals surface area contributed by atoms with Crippen molar-refractivity contribution in [2.24, 2.45) is 5.16 Å². The van der Waals surface area contributed by atoms with Gasteiger partial charge in [0.15, 0.2) is 5.17 Å². The van der Waals surface area contributed by atoms with E-state index in [0.29, 0.717) is 5.69 Å². The molecule has 2 aromatic rings. The Labute approximate surface area is 158 Å². The first-order valence-electron chi connectivity index (χ1n) is 7.18. The Kier molecular flexibility index (Phi) is 5.57. The Morgan fingerprint density at radius 3 is 2.50 bits per heavy atom. The lowest BCUT2D eigenvalue weighted by Crippen LogP contribution is -2.43. The van der Waals surface area contributed by atoms with Gasteiger partial charge in [-0.3, -0.25) is 9.48 Å². The van der Waals surface area contributed by atoms with Crippen molar-refractivity contribution in [2.45, 2.75) is 19.1 Å². The minimum atomic E-state index is -4.45. The van der Waals surface area contributed by atoms with E-state index >= 15 is 0 Å². The predicted octanol–water partition coefficient (Wildman–Crippen LogP) is 3.61. The maximum absolute atomic E-state index is 12.8. The number of anilines is 1. The highest BCUT2D eigenvalue weighted by Crippen LogP contribution is 2.33. The molecular weight excluding hydrogens is 393 g/mol. The molecule has 6 nitrogen and oxygen atoms in total. The molecule has 0 aliphatic carbocycles. The van der Waals surface area contributed by atoms with E-state index in [9.17, 15) is 18.0 Å². The largest absolute Gasteiger partial charge is 0.416 e. The number of rotatable bonds is 2. The lowest BCUT2D eigenvalue weighted by molar-refractivity contribution is -0.137. The quantitative estimate of drug-likeness (QED) is 0.470. The zero-order chi connectivity index (χ0) is 18.4. The van der Waals surface area contributed by atoms with Gasteiger partial charge in [0.05, 0.1) is 23.4 Å². The summed E-state index contributed by atoms with van der Waals surface area (Å²) >= 11 is 5.80. The van der Waals surface area contributed by atoms with Crippen LogP contribution in [0.15, 0.2) is 35.6 Å². The third-order valence-electron chi connectivity index (χ3n) is 3.92. The number of carbonyl (C=O) groups excluding carboxylic acids is 1. The molecule has 0 unspecified atom stereocenters. The third-order valence-corrected chi connectivity index (χ3v) is 4.20. The van der Waals surface area contributed by atoms with Crippen LogP contribution in [0.4, 0.5) is 18.9 Å². The maximum Gasteiger partial charge on any atom is 0.416 e. The molecule has 1 aliphatic rings. The topological polar surface area (TPSA) is 70.7 Å². The normalized spacial score (nSPS) is 17.7. The van der Waals surface area contributed by atoms with Crippen LogP contribution in [-0.4, -0.2) is 32.6 Å². The van der Waals surface area contributed by atoms with E-state index in [1.807, 2.05) is 0 Å². The summed E-state index contributed by atoms with van der Waals surface area (Å²) in [7, 11) is 0. The third kappa shape index (κ3) is 3.38. The van der Waals surface area contributed by atoms with Gasteiger partial charge in [0, 0.05) is 12.2 Å². The molecule has 1 amide bonds. The van der Waals surface area contributed by atoms with Crippen molar-refractivity contribution in [3.63, 3.8) is 0 Å². The molecule has 11 heteroatoms. The van der Waals surface area contributed by atoms with Crippen molar-refractivity contribution < 1.29 is 23.2 Å². The van der Waals surface area contributed by atoms with Crippen LogP contribution in [0, 0.1) is 0 Å². The second-order valence-corrected chi connectivity index (χ2v) is 5.91. The molecule has 1 aromatic heterocycles. The minimum Gasteiger partial charge on any atom is -0.410 e. The molecule has 0 bridgehead atoms. The number of hydrogen-bond acceptors (Lipinski definition) is 4. The van der Waals surface area contributed by atoms with Gasteiger partial charge < -0.3 is 10.1 Å². The van der Waals surface area contributed by atoms with E-state index in [-0.39, 0.29) is 42.5 Å². The standard InChI is InChI=1S/C15H12ClF3N4O2.H2S/c1-8-7-22(10-4-2-9(3-5-10)15(17,18)19)14(24)12-11(13(16)21-25)6-20-23(8)12;/h2-6,8,25H,7H2,1H3;1H2/b21-13-;/t8-;/m0./s1. The summed E-state index contributed by atoms with van der Waals surface area (Å²) in [5.41, 5.74) is -0.214. The summed E-state index contributed by atoms with van der Waals surface area (Å²) < 4.78 is 39.5. The average molecular weight is 407 g/mol. The van der Waals surface area contributed by atoms with Crippen molar-refractivity contribution in [3.05, 3.63) is 47.3 Å². The monoisotopic (exact) mass is 406 g/mol. The number of amides is 1. The van der Waals surface area contributed by atoms with Crippen molar-refractivity contribution in [1.29, 1.82) is 0 Å². The van der Waals surface area contributed by atoms with Gasteiger partial charge in [0.2, 0.25) is 0 Å². The zero-order valence-electron chi connectivity index (χ0n) is 13.3. The molecule has 0 saturated carbocycles. The van der Waals surface area contributed by atoms with E-state index in [0.717, 1.165) is 12.1 Å². The van der Waals surface area contributed by atoms with Crippen LogP contribution in [0.1, 0.15) is 34.6 Å². The fourth-order valence-electron chi connectivity index (χ4n) is 2.72. The Morgan fingerprint density at radius 2 is 1.96 bits per heavy atom. The van der Waals surface area contributed by atoms with Crippen LogP contribution in [0.25, 0.3) is 0 Å². The van der Waals surface area contributed by atoms with Gasteiger partial charge in [-0.2, -0.15) is 31.8 Å². The van der Waals surface area contributed by atoms with E-state index < -0.39 is 17.6 Å². The summed E-state index contributed by atoms with van der Waals surface area (Å²) in [5, 5.41) is 15.5. The molecule has 0 radical (unpaired) electrons. The summed E-state index contributed by atoms with van der Waals surface area (Å²) in [5.74, 6) is -0.493. The Hall–Kier alpha value is -2.20. The lowest BCUT2D eigenvalue weighted by Gasteiger charge is -2.32. The van der Waals surface area contributed by atoms with Gasteiger partial charge in [0.25, 0.3) is 5.91 Å². The highest BCUT2D eigenvalue weighted by atomic mass is 35.5. The zero-order valence-corrected chi connectivity index (χ0v) is 15.1. The fourth-order valence-corrected chi connectivity index (χ4v) is 2.86. The molecule has 0 saturated heterocycles. The second-order valence-electron chi connectivity index (χ2n) is 5.55. The molecule has 1 aromatic carbocycles. The summed E-state index contributed by atoms with van der Waals surface area (Å²) in [6, 6.07) is 4.07. The van der Waals surface area contributed by atoms with Crippen molar-refractivity contribution >= 4 is 41.9 Å². The summed E-state index contributed by atoms with van der Waals surface area (Å²) in [6.45, 7) is 2.03. The van der Waals surface area contributed by atoms with Crippen LogP contribution in [0.2, 0.25) is 0 Å². The van der Waals surface area contributed by atoms with Crippen LogP contribution < -0.4 is 4.90 Å². The summed E-state index contributed by atoms with van der Waals surface area (Å²) in [4.78, 5) is 14.1. The summed E-state index contributed by atoms with van der Waals surface area (Å²) in [6.07, 6.45) is -3.14. The van der Waals surface area contributed by atoms with Crippen molar-refractivity contribution in [2.75, 3.05) is 11.4 Å². The molecular formula is C15H14ClF3N4O2S. The molecule has 0 spiro atoms. The molecule has 0 fully saturated rings. The molecule has 140 valence electrons. The predicted molar refractivity (Wildman–Crippen MR) is 94.6 cm³/mol. The number of aromatic nitrogens is 2. The number of nitrogens with zero attached hydrogens (tertiary/aromatic N) is 4. The number of alkyl halides is 3. The molecule has 26 heavy (non-hydrogen) atoms. The van der Waals surface area contributed by atoms with Gasteiger partial charge in [-0.25, -0.2) is 0 Å².